The summed E-state index contributed by atoms with van der Waals surface area (Å²) in [5.41, 5.74) is 2.96. The predicted molar refractivity (Wildman–Crippen MR) is 115 cm³/mol. The number of oxazole rings is 1. The summed E-state index contributed by atoms with van der Waals surface area (Å²) >= 11 is 12.5. The third-order valence-electron chi connectivity index (χ3n) is 4.24. The molecule has 0 atom stereocenters. The van der Waals surface area contributed by atoms with E-state index in [9.17, 15) is 4.79 Å². The molecule has 0 spiro atoms. The number of aromatic nitrogens is 1. The number of anilines is 1. The molecule has 0 saturated carbocycles. The van der Waals surface area contributed by atoms with Crippen molar-refractivity contribution in [3.63, 3.8) is 0 Å². The summed E-state index contributed by atoms with van der Waals surface area (Å²) in [5.74, 6) is 0.618. The first-order valence-electron chi connectivity index (χ1n) is 8.94. The van der Waals surface area contributed by atoms with Gasteiger partial charge in [-0.3, -0.25) is 4.79 Å². The van der Waals surface area contributed by atoms with Crippen molar-refractivity contribution >= 4 is 45.9 Å². The van der Waals surface area contributed by atoms with Crippen LogP contribution in [-0.2, 0) is 0 Å². The zero-order chi connectivity index (χ0) is 20.4. The number of hydrogen-bond acceptors (Lipinski definition) is 4. The van der Waals surface area contributed by atoms with Gasteiger partial charge in [0.05, 0.1) is 22.2 Å². The summed E-state index contributed by atoms with van der Waals surface area (Å²) in [6.07, 6.45) is 0. The van der Waals surface area contributed by atoms with Crippen molar-refractivity contribution in [2.45, 2.75) is 6.92 Å². The zero-order valence-corrected chi connectivity index (χ0v) is 16.9. The molecule has 5 nitrogen and oxygen atoms in total. The molecule has 0 aliphatic carbocycles. The lowest BCUT2D eigenvalue weighted by Gasteiger charge is -2.10. The van der Waals surface area contributed by atoms with Gasteiger partial charge in [-0.15, -0.1) is 0 Å². The van der Waals surface area contributed by atoms with E-state index in [1.54, 1.807) is 36.4 Å². The van der Waals surface area contributed by atoms with E-state index in [0.29, 0.717) is 50.7 Å². The number of amides is 1. The molecule has 3 aromatic carbocycles. The van der Waals surface area contributed by atoms with Gasteiger partial charge in [-0.1, -0.05) is 35.3 Å². The lowest BCUT2D eigenvalue weighted by Crippen LogP contribution is -2.12. The smallest absolute Gasteiger partial charge is 0.255 e. The Morgan fingerprint density at radius 1 is 1.07 bits per heavy atom. The third kappa shape index (κ3) is 4.06. The Bertz CT molecular complexity index is 1170. The molecular weight excluding hydrogens is 411 g/mol. The van der Waals surface area contributed by atoms with E-state index in [1.807, 2.05) is 31.2 Å². The number of benzene rings is 3. The number of carbonyl (C=O) groups excluding carboxylic acids is 1. The van der Waals surface area contributed by atoms with Crippen LogP contribution in [0.4, 0.5) is 5.69 Å². The fourth-order valence-corrected chi connectivity index (χ4v) is 3.31. The van der Waals surface area contributed by atoms with Gasteiger partial charge in [0.25, 0.3) is 5.91 Å². The van der Waals surface area contributed by atoms with Gasteiger partial charge in [-0.25, -0.2) is 4.98 Å². The van der Waals surface area contributed by atoms with Gasteiger partial charge in [0.15, 0.2) is 5.58 Å². The highest BCUT2D eigenvalue weighted by molar-refractivity contribution is 6.33. The van der Waals surface area contributed by atoms with Crippen LogP contribution < -0.4 is 10.1 Å². The number of para-hydroxylation sites is 2. The van der Waals surface area contributed by atoms with Crippen LogP contribution in [0, 0.1) is 0 Å². The Balaban J connectivity index is 1.60. The largest absolute Gasteiger partial charge is 0.492 e. The van der Waals surface area contributed by atoms with Crippen molar-refractivity contribution in [3.8, 4) is 17.2 Å². The average molecular weight is 427 g/mol. The van der Waals surface area contributed by atoms with Crippen molar-refractivity contribution in [3.05, 3.63) is 76.3 Å². The second-order valence-corrected chi connectivity index (χ2v) is 7.03. The van der Waals surface area contributed by atoms with Gasteiger partial charge in [-0.2, -0.15) is 0 Å². The molecular formula is C22H16Cl2N2O3. The minimum Gasteiger partial charge on any atom is -0.492 e. The molecule has 0 unspecified atom stereocenters. The first kappa shape index (κ1) is 19.3. The summed E-state index contributed by atoms with van der Waals surface area (Å²) in [5, 5.41) is 3.69. The highest BCUT2D eigenvalue weighted by Crippen LogP contribution is 2.32. The zero-order valence-electron chi connectivity index (χ0n) is 15.4. The molecule has 4 aromatic rings. The first-order valence-corrected chi connectivity index (χ1v) is 9.70. The van der Waals surface area contributed by atoms with Crippen molar-refractivity contribution in [2.75, 3.05) is 11.9 Å². The van der Waals surface area contributed by atoms with Crippen molar-refractivity contribution in [1.82, 2.24) is 4.98 Å². The van der Waals surface area contributed by atoms with E-state index in [4.69, 9.17) is 32.4 Å². The van der Waals surface area contributed by atoms with Crippen LogP contribution >= 0.6 is 23.2 Å². The maximum Gasteiger partial charge on any atom is 0.255 e. The molecule has 1 amide bonds. The van der Waals surface area contributed by atoms with Crippen LogP contribution in [0.25, 0.3) is 22.6 Å². The van der Waals surface area contributed by atoms with E-state index in [0.717, 1.165) is 5.52 Å². The quantitative estimate of drug-likeness (QED) is 0.397. The van der Waals surface area contributed by atoms with E-state index in [1.165, 1.54) is 0 Å². The summed E-state index contributed by atoms with van der Waals surface area (Å²) in [4.78, 5) is 17.1. The van der Waals surface area contributed by atoms with Crippen LogP contribution in [0.2, 0.25) is 10.0 Å². The maximum atomic E-state index is 12.6. The number of fused-ring (bicyclic) bond motifs is 1. The first-order chi connectivity index (χ1) is 14.0. The lowest BCUT2D eigenvalue weighted by molar-refractivity contribution is 0.102. The SMILES string of the molecule is CCOc1ccc(C(=O)Nc2ccc(Cl)c(-c3nc4ccccc4o3)c2)cc1Cl. The second kappa shape index (κ2) is 8.15. The van der Waals surface area contributed by atoms with Crippen molar-refractivity contribution in [1.29, 1.82) is 0 Å². The number of carbonyl (C=O) groups is 1. The summed E-state index contributed by atoms with van der Waals surface area (Å²) < 4.78 is 11.2. The normalized spacial score (nSPS) is 10.9. The van der Waals surface area contributed by atoms with Gasteiger partial charge in [0.2, 0.25) is 5.89 Å². The van der Waals surface area contributed by atoms with E-state index >= 15 is 0 Å². The second-order valence-electron chi connectivity index (χ2n) is 6.21. The molecule has 0 aliphatic rings. The summed E-state index contributed by atoms with van der Waals surface area (Å²) in [6.45, 7) is 2.36. The van der Waals surface area contributed by atoms with E-state index in [2.05, 4.69) is 10.3 Å². The molecule has 29 heavy (non-hydrogen) atoms. The van der Waals surface area contributed by atoms with Crippen LogP contribution in [0.3, 0.4) is 0 Å². The molecule has 1 heterocycles. The third-order valence-corrected chi connectivity index (χ3v) is 4.87. The Morgan fingerprint density at radius 2 is 1.90 bits per heavy atom. The molecule has 7 heteroatoms. The Labute approximate surface area is 177 Å². The number of halogens is 2. The molecule has 0 aliphatic heterocycles. The minimum atomic E-state index is -0.305. The van der Waals surface area contributed by atoms with Crippen molar-refractivity contribution < 1.29 is 13.9 Å². The van der Waals surface area contributed by atoms with Gasteiger partial charge in [0, 0.05) is 11.3 Å². The van der Waals surface area contributed by atoms with Crippen molar-refractivity contribution in [2.24, 2.45) is 0 Å². The molecule has 4 rings (SSSR count). The number of ether oxygens (including phenoxy) is 1. The van der Waals surface area contributed by atoms with Crippen LogP contribution in [-0.4, -0.2) is 17.5 Å². The standard InChI is InChI=1S/C22H16Cl2N2O3/c1-2-28-19-10-7-13(11-17(19)24)21(27)25-14-8-9-16(23)15(12-14)22-26-18-5-3-4-6-20(18)29-22/h3-12H,2H2,1H3,(H,25,27). The topological polar surface area (TPSA) is 64.4 Å². The monoisotopic (exact) mass is 426 g/mol. The molecule has 0 saturated heterocycles. The van der Waals surface area contributed by atoms with Crippen LogP contribution in [0.5, 0.6) is 5.75 Å². The summed E-state index contributed by atoms with van der Waals surface area (Å²) in [6, 6.07) is 17.5. The fraction of sp³-hybridized carbons (Fsp3) is 0.0909. The number of nitrogens with one attached hydrogen (secondary N) is 1. The molecule has 1 aromatic heterocycles. The molecule has 1 N–H and O–H groups in total. The Hall–Kier alpha value is -3.02. The van der Waals surface area contributed by atoms with Gasteiger partial charge < -0.3 is 14.5 Å². The minimum absolute atomic E-state index is 0.305. The van der Waals surface area contributed by atoms with Gasteiger partial charge in [-0.05, 0) is 55.5 Å². The van der Waals surface area contributed by atoms with E-state index in [-0.39, 0.29) is 5.91 Å². The fourth-order valence-electron chi connectivity index (χ4n) is 2.87. The Kier molecular flexibility index (Phi) is 5.43. The van der Waals surface area contributed by atoms with Crippen LogP contribution in [0.15, 0.2) is 65.1 Å². The molecule has 146 valence electrons. The lowest BCUT2D eigenvalue weighted by atomic mass is 10.1. The number of nitrogens with zero attached hydrogens (tertiary/aromatic N) is 1. The average Bonchev–Trinajstić information content (AvgIpc) is 3.15. The Morgan fingerprint density at radius 3 is 2.66 bits per heavy atom. The van der Waals surface area contributed by atoms with Gasteiger partial charge in [0.1, 0.15) is 11.3 Å². The number of rotatable bonds is 5. The summed E-state index contributed by atoms with van der Waals surface area (Å²) in [7, 11) is 0. The predicted octanol–water partition coefficient (Wildman–Crippen LogP) is 6.45. The van der Waals surface area contributed by atoms with E-state index < -0.39 is 0 Å². The maximum absolute atomic E-state index is 12.6. The molecule has 0 radical (unpaired) electrons. The van der Waals surface area contributed by atoms with Gasteiger partial charge >= 0.3 is 0 Å². The highest BCUT2D eigenvalue weighted by Gasteiger charge is 2.14. The molecule has 0 fully saturated rings. The molecule has 0 bridgehead atoms. The number of hydrogen-bond donors (Lipinski definition) is 1. The highest BCUT2D eigenvalue weighted by atomic mass is 35.5. The van der Waals surface area contributed by atoms with Crippen LogP contribution in [0.1, 0.15) is 17.3 Å².